The first-order valence-electron chi connectivity index (χ1n) is 12.5. The fourth-order valence-corrected chi connectivity index (χ4v) is 5.25. The first-order valence-corrected chi connectivity index (χ1v) is 15.1. The van der Waals surface area contributed by atoms with Crippen LogP contribution in [0.25, 0.3) is 0 Å². The molecule has 204 valence electrons. The molecular weight excluding hydrogens is 533 g/mol. The molecule has 7 nitrogen and oxygen atoms in total. The molecule has 37 heavy (non-hydrogen) atoms. The van der Waals surface area contributed by atoms with Crippen LogP contribution in [0.5, 0.6) is 0 Å². The number of unbranched alkanes of at least 4 members (excludes halogenated alkanes) is 1. The average Bonchev–Trinajstić information content (AvgIpc) is 2.83. The molecule has 0 aromatic heterocycles. The highest BCUT2D eigenvalue weighted by Gasteiger charge is 2.32. The zero-order chi connectivity index (χ0) is 27.8. The van der Waals surface area contributed by atoms with Crippen LogP contribution in [0.3, 0.4) is 0 Å². The van der Waals surface area contributed by atoms with E-state index in [1.165, 1.54) is 4.90 Å². The number of carbonyl (C=O) groups is 2. The van der Waals surface area contributed by atoms with Crippen LogP contribution in [0, 0.1) is 0 Å². The predicted octanol–water partition coefficient (Wildman–Crippen LogP) is 5.61. The second-order valence-corrected chi connectivity index (χ2v) is 12.0. The molecule has 1 atom stereocenters. The molecule has 10 heteroatoms. The fourth-order valence-electron chi connectivity index (χ4n) is 4.06. The monoisotopic (exact) mass is 569 g/mol. The summed E-state index contributed by atoms with van der Waals surface area (Å²) in [6, 6.07) is 11.4. The number of para-hydroxylation sites is 1. The van der Waals surface area contributed by atoms with Crippen LogP contribution in [0.15, 0.2) is 42.5 Å². The molecule has 0 aliphatic carbocycles. The van der Waals surface area contributed by atoms with Gasteiger partial charge in [-0.1, -0.05) is 81.6 Å². The van der Waals surface area contributed by atoms with Crippen molar-refractivity contribution < 1.29 is 18.0 Å². The number of halogens is 2. The molecule has 0 unspecified atom stereocenters. The summed E-state index contributed by atoms with van der Waals surface area (Å²) in [5, 5.41) is 3.61. The van der Waals surface area contributed by atoms with E-state index < -0.39 is 28.5 Å². The van der Waals surface area contributed by atoms with Crippen molar-refractivity contribution in [3.05, 3.63) is 63.6 Å². The Bertz CT molecular complexity index is 1190. The minimum absolute atomic E-state index is 0.0376. The number of amides is 2. The van der Waals surface area contributed by atoms with Crippen molar-refractivity contribution in [2.45, 2.75) is 65.5 Å². The molecule has 2 aromatic rings. The van der Waals surface area contributed by atoms with Crippen LogP contribution in [0.4, 0.5) is 5.69 Å². The number of carbonyl (C=O) groups excluding carboxylic acids is 2. The van der Waals surface area contributed by atoms with Gasteiger partial charge in [0.1, 0.15) is 12.6 Å². The molecule has 0 radical (unpaired) electrons. The Kier molecular flexibility index (Phi) is 11.7. The lowest BCUT2D eigenvalue weighted by atomic mass is 10.0. The zero-order valence-electron chi connectivity index (χ0n) is 22.1. The van der Waals surface area contributed by atoms with Gasteiger partial charge in [-0.25, -0.2) is 8.42 Å². The first-order chi connectivity index (χ1) is 17.4. The average molecular weight is 571 g/mol. The Hall–Kier alpha value is -2.29. The van der Waals surface area contributed by atoms with Crippen molar-refractivity contribution in [2.24, 2.45) is 0 Å². The maximum absolute atomic E-state index is 13.8. The number of anilines is 1. The first kappa shape index (κ1) is 30.9. The van der Waals surface area contributed by atoms with Gasteiger partial charge in [-0.05, 0) is 48.1 Å². The van der Waals surface area contributed by atoms with Gasteiger partial charge in [0, 0.05) is 13.1 Å². The minimum Gasteiger partial charge on any atom is -0.354 e. The van der Waals surface area contributed by atoms with E-state index in [9.17, 15) is 18.0 Å². The van der Waals surface area contributed by atoms with Crippen molar-refractivity contribution in [2.75, 3.05) is 23.7 Å². The third kappa shape index (κ3) is 8.62. The van der Waals surface area contributed by atoms with Gasteiger partial charge in [0.2, 0.25) is 21.8 Å². The van der Waals surface area contributed by atoms with Gasteiger partial charge in [0.25, 0.3) is 0 Å². The van der Waals surface area contributed by atoms with E-state index in [0.29, 0.717) is 34.3 Å². The van der Waals surface area contributed by atoms with E-state index in [1.54, 1.807) is 30.3 Å². The van der Waals surface area contributed by atoms with Crippen LogP contribution in [-0.4, -0.2) is 50.5 Å². The highest BCUT2D eigenvalue weighted by molar-refractivity contribution is 7.92. The second-order valence-electron chi connectivity index (χ2n) is 9.32. The Labute approximate surface area is 231 Å². The highest BCUT2D eigenvalue weighted by atomic mass is 35.5. The molecule has 0 spiro atoms. The number of benzene rings is 2. The van der Waals surface area contributed by atoms with E-state index >= 15 is 0 Å². The maximum atomic E-state index is 13.8. The number of hydrogen-bond acceptors (Lipinski definition) is 4. The molecule has 2 aromatic carbocycles. The summed E-state index contributed by atoms with van der Waals surface area (Å²) in [7, 11) is -3.81. The van der Waals surface area contributed by atoms with Gasteiger partial charge < -0.3 is 10.2 Å². The van der Waals surface area contributed by atoms with Crippen LogP contribution < -0.4 is 9.62 Å². The van der Waals surface area contributed by atoms with Crippen LogP contribution in [0.2, 0.25) is 10.0 Å². The minimum atomic E-state index is -3.81. The maximum Gasteiger partial charge on any atom is 0.244 e. The molecule has 0 bridgehead atoms. The number of rotatable bonds is 13. The second kappa shape index (κ2) is 14.0. The summed E-state index contributed by atoms with van der Waals surface area (Å²) in [5.41, 5.74) is 1.93. The van der Waals surface area contributed by atoms with Crippen molar-refractivity contribution in [3.63, 3.8) is 0 Å². The van der Waals surface area contributed by atoms with Gasteiger partial charge in [-0.3, -0.25) is 13.9 Å². The van der Waals surface area contributed by atoms with E-state index in [4.69, 9.17) is 23.2 Å². The van der Waals surface area contributed by atoms with E-state index in [0.717, 1.165) is 29.0 Å². The van der Waals surface area contributed by atoms with Gasteiger partial charge >= 0.3 is 0 Å². The molecule has 0 saturated carbocycles. The smallest absolute Gasteiger partial charge is 0.244 e. The molecule has 0 fully saturated rings. The summed E-state index contributed by atoms with van der Waals surface area (Å²) >= 11 is 12.3. The molecule has 1 N–H and O–H groups in total. The SMILES string of the molecule is CCCCNC(=O)[C@@H](CC)N(Cc1ccc(Cl)c(Cl)c1)C(=O)CN(c1ccccc1C(C)C)S(C)(=O)=O. The largest absolute Gasteiger partial charge is 0.354 e. The molecule has 0 aliphatic heterocycles. The third-order valence-electron chi connectivity index (χ3n) is 6.06. The molecular formula is C27H37Cl2N3O4S. The summed E-state index contributed by atoms with van der Waals surface area (Å²) in [6.07, 6.45) is 3.17. The topological polar surface area (TPSA) is 86.8 Å². The van der Waals surface area contributed by atoms with Gasteiger partial charge in [0.15, 0.2) is 0 Å². The quantitative estimate of drug-likeness (QED) is 0.318. The number of nitrogens with one attached hydrogen (secondary N) is 1. The third-order valence-corrected chi connectivity index (χ3v) is 7.92. The van der Waals surface area contributed by atoms with Crippen LogP contribution in [0.1, 0.15) is 64.0 Å². The van der Waals surface area contributed by atoms with Crippen LogP contribution >= 0.6 is 23.2 Å². The highest BCUT2D eigenvalue weighted by Crippen LogP contribution is 2.30. The number of nitrogens with zero attached hydrogens (tertiary/aromatic N) is 2. The Morgan fingerprint density at radius 3 is 2.27 bits per heavy atom. The van der Waals surface area contributed by atoms with Crippen molar-refractivity contribution >= 4 is 50.7 Å². The normalized spacial score (nSPS) is 12.3. The van der Waals surface area contributed by atoms with E-state index in [2.05, 4.69) is 5.32 Å². The molecule has 0 aliphatic rings. The summed E-state index contributed by atoms with van der Waals surface area (Å²) < 4.78 is 26.9. The van der Waals surface area contributed by atoms with E-state index in [-0.39, 0.29) is 18.4 Å². The Morgan fingerprint density at radius 2 is 1.70 bits per heavy atom. The summed E-state index contributed by atoms with van der Waals surface area (Å²) in [4.78, 5) is 28.4. The molecule has 2 amide bonds. The zero-order valence-corrected chi connectivity index (χ0v) is 24.5. The molecule has 0 saturated heterocycles. The molecule has 2 rings (SSSR count). The summed E-state index contributed by atoms with van der Waals surface area (Å²) in [5.74, 6) is -0.735. The standard InChI is InChI=1S/C27H37Cl2N3O4S/c1-6-8-15-30-27(34)24(7-2)31(17-20-13-14-22(28)23(29)16-20)26(33)18-32(37(5,35)36)25-12-10-9-11-21(25)19(3)4/h9-14,16,19,24H,6-8,15,17-18H2,1-5H3,(H,30,34)/t24-/m1/s1. The van der Waals surface area contributed by atoms with Gasteiger partial charge in [0.05, 0.1) is 22.0 Å². The van der Waals surface area contributed by atoms with E-state index in [1.807, 2.05) is 39.8 Å². The number of hydrogen-bond donors (Lipinski definition) is 1. The van der Waals surface area contributed by atoms with Crippen molar-refractivity contribution in [1.29, 1.82) is 0 Å². The fraction of sp³-hybridized carbons (Fsp3) is 0.481. The lowest BCUT2D eigenvalue weighted by Crippen LogP contribution is -2.52. The van der Waals surface area contributed by atoms with Gasteiger partial charge in [-0.15, -0.1) is 0 Å². The summed E-state index contributed by atoms with van der Waals surface area (Å²) in [6.45, 7) is 7.90. The lowest BCUT2D eigenvalue weighted by molar-refractivity contribution is -0.140. The Morgan fingerprint density at radius 1 is 1.03 bits per heavy atom. The van der Waals surface area contributed by atoms with Crippen molar-refractivity contribution in [1.82, 2.24) is 10.2 Å². The Balaban J connectivity index is 2.49. The molecule has 0 heterocycles. The van der Waals surface area contributed by atoms with Crippen molar-refractivity contribution in [3.8, 4) is 0 Å². The van der Waals surface area contributed by atoms with Gasteiger partial charge in [-0.2, -0.15) is 0 Å². The predicted molar refractivity (Wildman–Crippen MR) is 152 cm³/mol. The lowest BCUT2D eigenvalue weighted by Gasteiger charge is -2.33. The number of sulfonamides is 1. The van der Waals surface area contributed by atoms with Crippen LogP contribution in [-0.2, 0) is 26.2 Å².